The summed E-state index contributed by atoms with van der Waals surface area (Å²) in [6.07, 6.45) is 4.22. The van der Waals surface area contributed by atoms with Gasteiger partial charge in [0.15, 0.2) is 0 Å². The molecule has 0 aliphatic carbocycles. The third-order valence-corrected chi connectivity index (χ3v) is 3.79. The Morgan fingerprint density at radius 3 is 2.35 bits per heavy atom. The van der Waals surface area contributed by atoms with Crippen molar-refractivity contribution in [3.63, 3.8) is 0 Å². The molecule has 0 saturated carbocycles. The lowest BCUT2D eigenvalue weighted by Crippen LogP contribution is -2.49. The molecule has 0 heterocycles. The molecule has 0 bridgehead atoms. The molecule has 1 aromatic rings. The highest BCUT2D eigenvalue weighted by Crippen LogP contribution is 2.09. The number of nitrogens with one attached hydrogen (secondary N) is 2. The molecule has 0 fully saturated rings. The summed E-state index contributed by atoms with van der Waals surface area (Å²) in [4.78, 5) is 23.2. The van der Waals surface area contributed by atoms with Gasteiger partial charge in [-0.25, -0.2) is 0 Å². The van der Waals surface area contributed by atoms with Gasteiger partial charge in [0.1, 0.15) is 11.8 Å². The van der Waals surface area contributed by atoms with Crippen molar-refractivity contribution in [2.24, 2.45) is 11.7 Å². The SMILES string of the molecule is CCCCCC#N.Cc1ccccc1C(=N)C(=O)NC(C(N)=O)C(C)C. The van der Waals surface area contributed by atoms with Gasteiger partial charge in [-0.2, -0.15) is 5.26 Å². The maximum absolute atomic E-state index is 12.0. The van der Waals surface area contributed by atoms with E-state index in [9.17, 15) is 9.59 Å². The fraction of sp³-hybridized carbons (Fsp3) is 0.500. The summed E-state index contributed by atoms with van der Waals surface area (Å²) in [6, 6.07) is 8.46. The summed E-state index contributed by atoms with van der Waals surface area (Å²) in [5.74, 6) is -1.31. The molecule has 0 aliphatic heterocycles. The second-order valence-corrected chi connectivity index (χ2v) is 6.40. The average molecular weight is 358 g/mol. The number of primary amides is 1. The molecule has 1 aromatic carbocycles. The van der Waals surface area contributed by atoms with Gasteiger partial charge in [0.25, 0.3) is 5.91 Å². The van der Waals surface area contributed by atoms with E-state index in [0.29, 0.717) is 5.56 Å². The fourth-order valence-corrected chi connectivity index (χ4v) is 2.21. The van der Waals surface area contributed by atoms with Gasteiger partial charge < -0.3 is 11.1 Å². The lowest BCUT2D eigenvalue weighted by atomic mass is 10.0. The number of rotatable bonds is 8. The number of nitrogens with two attached hydrogens (primary N) is 1. The Morgan fingerprint density at radius 2 is 1.88 bits per heavy atom. The van der Waals surface area contributed by atoms with Crippen LogP contribution in [0.2, 0.25) is 0 Å². The molecule has 0 aromatic heterocycles. The van der Waals surface area contributed by atoms with Gasteiger partial charge in [-0.3, -0.25) is 15.0 Å². The van der Waals surface area contributed by atoms with Crippen molar-refractivity contribution >= 4 is 17.5 Å². The number of nitriles is 1. The number of hydrogen-bond acceptors (Lipinski definition) is 4. The van der Waals surface area contributed by atoms with Gasteiger partial charge in [-0.05, 0) is 24.8 Å². The normalized spacial score (nSPS) is 10.9. The second kappa shape index (κ2) is 12.6. The highest BCUT2D eigenvalue weighted by Gasteiger charge is 2.24. The molecule has 1 atom stereocenters. The van der Waals surface area contributed by atoms with Crippen molar-refractivity contribution in [3.8, 4) is 6.07 Å². The minimum atomic E-state index is -0.767. The number of unbranched alkanes of at least 4 members (excludes halogenated alkanes) is 3. The van der Waals surface area contributed by atoms with E-state index < -0.39 is 17.9 Å². The van der Waals surface area contributed by atoms with Gasteiger partial charge in [-0.15, -0.1) is 0 Å². The van der Waals surface area contributed by atoms with Crippen LogP contribution in [-0.4, -0.2) is 23.6 Å². The summed E-state index contributed by atoms with van der Waals surface area (Å²) in [6.45, 7) is 7.53. The zero-order valence-electron chi connectivity index (χ0n) is 16.1. The maximum Gasteiger partial charge on any atom is 0.270 e. The van der Waals surface area contributed by atoms with Crippen LogP contribution in [-0.2, 0) is 9.59 Å². The zero-order valence-corrected chi connectivity index (χ0v) is 16.1. The third-order valence-electron chi connectivity index (χ3n) is 3.79. The quantitative estimate of drug-likeness (QED) is 0.489. The van der Waals surface area contributed by atoms with E-state index in [1.165, 1.54) is 12.8 Å². The minimum Gasteiger partial charge on any atom is -0.368 e. The van der Waals surface area contributed by atoms with Crippen LogP contribution in [0.3, 0.4) is 0 Å². The van der Waals surface area contributed by atoms with E-state index in [-0.39, 0.29) is 11.6 Å². The first-order valence-corrected chi connectivity index (χ1v) is 8.87. The van der Waals surface area contributed by atoms with Crippen LogP contribution in [0.15, 0.2) is 24.3 Å². The molecule has 1 rings (SSSR count). The van der Waals surface area contributed by atoms with Crippen molar-refractivity contribution in [2.45, 2.75) is 59.4 Å². The van der Waals surface area contributed by atoms with Crippen molar-refractivity contribution < 1.29 is 9.59 Å². The Balaban J connectivity index is 0.000000758. The predicted molar refractivity (Wildman–Crippen MR) is 104 cm³/mol. The van der Waals surface area contributed by atoms with Crippen LogP contribution >= 0.6 is 0 Å². The van der Waals surface area contributed by atoms with Gasteiger partial charge in [0.05, 0.1) is 6.07 Å². The molecular formula is C20H30N4O2. The topological polar surface area (TPSA) is 120 Å². The molecule has 0 aliphatic rings. The first-order valence-electron chi connectivity index (χ1n) is 8.87. The molecule has 6 nitrogen and oxygen atoms in total. The lowest BCUT2D eigenvalue weighted by molar-refractivity contribution is -0.125. The molecule has 2 amide bonds. The first-order chi connectivity index (χ1) is 12.3. The van der Waals surface area contributed by atoms with Crippen molar-refractivity contribution in [1.82, 2.24) is 5.32 Å². The summed E-state index contributed by atoms with van der Waals surface area (Å²) in [7, 11) is 0. The minimum absolute atomic E-state index is 0.119. The summed E-state index contributed by atoms with van der Waals surface area (Å²) in [5, 5.41) is 18.4. The van der Waals surface area contributed by atoms with Crippen LogP contribution in [0, 0.1) is 29.6 Å². The number of nitrogens with zero attached hydrogens (tertiary/aromatic N) is 1. The van der Waals surface area contributed by atoms with Gasteiger partial charge in [0.2, 0.25) is 5.91 Å². The Kier molecular flexibility index (Phi) is 11.3. The Labute approximate surface area is 156 Å². The van der Waals surface area contributed by atoms with Crippen LogP contribution in [0.1, 0.15) is 57.6 Å². The average Bonchev–Trinajstić information content (AvgIpc) is 2.59. The van der Waals surface area contributed by atoms with Gasteiger partial charge in [-0.1, -0.05) is 57.9 Å². The molecule has 4 N–H and O–H groups in total. The van der Waals surface area contributed by atoms with E-state index in [2.05, 4.69) is 18.3 Å². The Bertz CT molecular complexity index is 647. The summed E-state index contributed by atoms with van der Waals surface area (Å²) in [5.41, 5.74) is 6.45. The number of amides is 2. The smallest absolute Gasteiger partial charge is 0.270 e. The van der Waals surface area contributed by atoms with Crippen LogP contribution in [0.25, 0.3) is 0 Å². The van der Waals surface area contributed by atoms with Crippen molar-refractivity contribution in [3.05, 3.63) is 35.4 Å². The van der Waals surface area contributed by atoms with Crippen LogP contribution in [0.4, 0.5) is 0 Å². The number of carbonyl (C=O) groups excluding carboxylic acids is 2. The van der Waals surface area contributed by atoms with Crippen molar-refractivity contribution in [2.75, 3.05) is 0 Å². The number of aryl methyl sites for hydroxylation is 1. The summed E-state index contributed by atoms with van der Waals surface area (Å²) < 4.78 is 0. The maximum atomic E-state index is 12.0. The van der Waals surface area contributed by atoms with Crippen LogP contribution < -0.4 is 11.1 Å². The Morgan fingerprint density at radius 1 is 1.27 bits per heavy atom. The number of benzene rings is 1. The molecule has 1 unspecified atom stereocenters. The second-order valence-electron chi connectivity index (χ2n) is 6.40. The predicted octanol–water partition coefficient (Wildman–Crippen LogP) is 3.08. The van der Waals surface area contributed by atoms with E-state index >= 15 is 0 Å². The van der Waals surface area contributed by atoms with E-state index in [0.717, 1.165) is 18.4 Å². The molecule has 6 heteroatoms. The van der Waals surface area contributed by atoms with Crippen LogP contribution in [0.5, 0.6) is 0 Å². The largest absolute Gasteiger partial charge is 0.368 e. The number of carbonyl (C=O) groups is 2. The molecule has 142 valence electrons. The standard InChI is InChI=1S/C14H19N3O2.C6H11N/c1-8(2)12(13(16)18)17-14(19)11(15)10-7-5-4-6-9(10)3;1-2-3-4-5-6-7/h4-8,12,15H,1-3H3,(H2,16,18)(H,17,19);2-5H2,1H3. The van der Waals surface area contributed by atoms with E-state index in [4.69, 9.17) is 16.4 Å². The highest BCUT2D eigenvalue weighted by atomic mass is 16.2. The molecule has 0 saturated heterocycles. The highest BCUT2D eigenvalue weighted by molar-refractivity contribution is 6.44. The van der Waals surface area contributed by atoms with E-state index in [1.807, 2.05) is 19.1 Å². The van der Waals surface area contributed by atoms with Gasteiger partial charge >= 0.3 is 0 Å². The molecule has 0 radical (unpaired) electrons. The Hall–Kier alpha value is -2.68. The molecular weight excluding hydrogens is 328 g/mol. The lowest BCUT2D eigenvalue weighted by Gasteiger charge is -2.19. The van der Waals surface area contributed by atoms with Crippen molar-refractivity contribution in [1.29, 1.82) is 10.7 Å². The molecule has 0 spiro atoms. The number of hydrogen-bond donors (Lipinski definition) is 3. The zero-order chi connectivity index (χ0) is 20.1. The molecule has 26 heavy (non-hydrogen) atoms. The monoisotopic (exact) mass is 358 g/mol. The first kappa shape index (κ1) is 23.3. The van der Waals surface area contributed by atoms with Gasteiger partial charge in [0, 0.05) is 12.0 Å². The summed E-state index contributed by atoms with van der Waals surface area (Å²) >= 11 is 0. The third kappa shape index (κ3) is 8.43. The van der Waals surface area contributed by atoms with E-state index in [1.54, 1.807) is 26.0 Å². The fourth-order valence-electron chi connectivity index (χ4n) is 2.21.